The second-order valence-electron chi connectivity index (χ2n) is 8.87. The highest BCUT2D eigenvalue weighted by Gasteiger charge is 2.22. The molecule has 0 saturated carbocycles. The van der Waals surface area contributed by atoms with E-state index in [4.69, 9.17) is 9.54 Å². The maximum Gasteiger partial charge on any atom is 0.294 e. The summed E-state index contributed by atoms with van der Waals surface area (Å²) < 4.78 is 31.9. The first-order valence-corrected chi connectivity index (χ1v) is 13.1. The molecular weight excluding hydrogens is 458 g/mol. The Bertz CT molecular complexity index is 1470. The topological polar surface area (TPSA) is 75.4 Å². The number of fused-ring (bicyclic) bond motifs is 2. The lowest BCUT2D eigenvalue weighted by Gasteiger charge is -2.30. The van der Waals surface area contributed by atoms with E-state index in [0.29, 0.717) is 0 Å². The van der Waals surface area contributed by atoms with E-state index in [1.54, 1.807) is 12.1 Å². The van der Waals surface area contributed by atoms with Crippen LogP contribution in [0.2, 0.25) is 0 Å². The smallest absolute Gasteiger partial charge is 0.294 e. The Morgan fingerprint density at radius 2 is 1.71 bits per heavy atom. The van der Waals surface area contributed by atoms with Crippen molar-refractivity contribution in [2.24, 2.45) is 0 Å². The fraction of sp³-hybridized carbons (Fsp3) is 0.250. The average molecular weight is 490 g/mol. The lowest BCUT2D eigenvalue weighted by atomic mass is 10.00. The van der Waals surface area contributed by atoms with Crippen LogP contribution in [0.1, 0.15) is 27.9 Å². The zero-order valence-electron chi connectivity index (χ0n) is 20.4. The van der Waals surface area contributed by atoms with Crippen LogP contribution in [-0.4, -0.2) is 29.1 Å². The number of anilines is 1. The van der Waals surface area contributed by atoms with E-state index in [9.17, 15) is 8.42 Å². The Labute approximate surface area is 207 Å². The third kappa shape index (κ3) is 5.16. The molecule has 0 saturated heterocycles. The summed E-state index contributed by atoms with van der Waals surface area (Å²) in [5, 5.41) is 1.30. The van der Waals surface area contributed by atoms with Crippen LogP contribution in [0.5, 0.6) is 0 Å². The normalized spacial score (nSPS) is 13.2. The first-order valence-electron chi connectivity index (χ1n) is 11.6. The summed E-state index contributed by atoms with van der Waals surface area (Å²) in [6.07, 6.45) is 4.99. The van der Waals surface area contributed by atoms with Gasteiger partial charge in [-0.2, -0.15) is 8.42 Å². The van der Waals surface area contributed by atoms with Gasteiger partial charge in [0.2, 0.25) is 0 Å². The predicted octanol–water partition coefficient (Wildman–Crippen LogP) is 5.64. The van der Waals surface area contributed by atoms with Crippen molar-refractivity contribution in [3.8, 4) is 0 Å². The molecule has 0 atom stereocenters. The summed E-state index contributed by atoms with van der Waals surface area (Å²) in [7, 11) is -4.02. The van der Waals surface area contributed by atoms with Crippen LogP contribution >= 0.6 is 0 Å². The number of pyridine rings is 1. The van der Waals surface area contributed by atoms with Crippen LogP contribution in [-0.2, 0) is 29.6 Å². The van der Waals surface area contributed by atoms with Gasteiger partial charge in [0.15, 0.2) is 5.82 Å². The molecule has 0 unspecified atom stereocenters. The molecule has 0 aliphatic carbocycles. The number of allylic oxidation sites excluding steroid dienone is 1. The highest BCUT2D eigenvalue weighted by molar-refractivity contribution is 7.85. The molecule has 0 radical (unpaired) electrons. The highest BCUT2D eigenvalue weighted by Crippen LogP contribution is 2.33. The lowest BCUT2D eigenvalue weighted by Crippen LogP contribution is -2.31. The monoisotopic (exact) mass is 489 g/mol. The predicted molar refractivity (Wildman–Crippen MR) is 142 cm³/mol. The lowest BCUT2D eigenvalue weighted by molar-refractivity contribution is 0.483. The van der Waals surface area contributed by atoms with E-state index in [1.807, 2.05) is 19.2 Å². The molecule has 4 aromatic rings. The first-order chi connectivity index (χ1) is 16.7. The third-order valence-corrected chi connectivity index (χ3v) is 7.46. The van der Waals surface area contributed by atoms with Gasteiger partial charge in [-0.05, 0) is 62.1 Å². The molecule has 0 amide bonds. The molecule has 6 nitrogen and oxygen atoms in total. The second kappa shape index (κ2) is 10.1. The fourth-order valence-electron chi connectivity index (χ4n) is 4.55. The van der Waals surface area contributed by atoms with Gasteiger partial charge in [0.05, 0.1) is 10.4 Å². The van der Waals surface area contributed by atoms with Gasteiger partial charge in [-0.1, -0.05) is 48.0 Å². The number of hydrogen-bond donors (Lipinski definition) is 1. The van der Waals surface area contributed by atoms with Crippen molar-refractivity contribution < 1.29 is 13.0 Å². The van der Waals surface area contributed by atoms with Gasteiger partial charge in [0.1, 0.15) is 0 Å². The van der Waals surface area contributed by atoms with E-state index in [-0.39, 0.29) is 4.90 Å². The maximum atomic E-state index is 10.5. The van der Waals surface area contributed by atoms with Gasteiger partial charge in [0, 0.05) is 36.9 Å². The summed E-state index contributed by atoms with van der Waals surface area (Å²) in [4.78, 5) is 7.12. The van der Waals surface area contributed by atoms with Gasteiger partial charge in [0.25, 0.3) is 10.1 Å². The molecule has 35 heavy (non-hydrogen) atoms. The molecule has 5 rings (SSSR count). The molecule has 182 valence electrons. The zero-order valence-corrected chi connectivity index (χ0v) is 21.2. The van der Waals surface area contributed by atoms with E-state index >= 15 is 0 Å². The molecule has 0 bridgehead atoms. The van der Waals surface area contributed by atoms with E-state index < -0.39 is 10.1 Å². The van der Waals surface area contributed by atoms with Crippen LogP contribution in [0.25, 0.3) is 10.9 Å². The van der Waals surface area contributed by atoms with E-state index in [0.717, 1.165) is 37.4 Å². The van der Waals surface area contributed by atoms with Crippen molar-refractivity contribution >= 4 is 26.8 Å². The van der Waals surface area contributed by atoms with Gasteiger partial charge in [-0.15, -0.1) is 6.58 Å². The van der Waals surface area contributed by atoms with Crippen LogP contribution in [0.4, 0.5) is 5.82 Å². The SMILES string of the molecule is C=CCn1c(C)c(C)c2ccnc(N3CCc4ccccc4C3)c21.Cc1ccc(S(=O)(=O)O)cc1. The molecule has 2 aromatic heterocycles. The van der Waals surface area contributed by atoms with Gasteiger partial charge in [-0.3, -0.25) is 4.55 Å². The Balaban J connectivity index is 0.000000221. The van der Waals surface area contributed by atoms with Crippen molar-refractivity contribution in [2.45, 2.75) is 45.2 Å². The van der Waals surface area contributed by atoms with E-state index in [2.05, 4.69) is 60.2 Å². The summed E-state index contributed by atoms with van der Waals surface area (Å²) in [6, 6.07) is 16.9. The number of benzene rings is 2. The summed E-state index contributed by atoms with van der Waals surface area (Å²) in [5.74, 6) is 1.10. The number of hydrogen-bond acceptors (Lipinski definition) is 4. The number of nitrogens with zero attached hydrogens (tertiary/aromatic N) is 3. The van der Waals surface area contributed by atoms with Crippen LogP contribution in [0.3, 0.4) is 0 Å². The van der Waals surface area contributed by atoms with Gasteiger partial charge < -0.3 is 9.47 Å². The van der Waals surface area contributed by atoms with Crippen molar-refractivity contribution in [2.75, 3.05) is 11.4 Å². The molecule has 0 fully saturated rings. The van der Waals surface area contributed by atoms with Crippen molar-refractivity contribution in [3.63, 3.8) is 0 Å². The minimum absolute atomic E-state index is 0.0666. The van der Waals surface area contributed by atoms with Crippen LogP contribution in [0, 0.1) is 20.8 Å². The zero-order chi connectivity index (χ0) is 25.2. The molecule has 1 aliphatic rings. The van der Waals surface area contributed by atoms with E-state index in [1.165, 1.54) is 45.4 Å². The third-order valence-electron chi connectivity index (χ3n) is 6.59. The maximum absolute atomic E-state index is 10.5. The van der Waals surface area contributed by atoms with Crippen molar-refractivity contribution in [1.82, 2.24) is 9.55 Å². The Kier molecular flexibility index (Phi) is 7.10. The summed E-state index contributed by atoms with van der Waals surface area (Å²) >= 11 is 0. The summed E-state index contributed by atoms with van der Waals surface area (Å²) in [5.41, 5.74) is 7.72. The number of aryl methyl sites for hydroxylation is 2. The Morgan fingerprint density at radius 3 is 2.37 bits per heavy atom. The number of rotatable bonds is 4. The molecule has 7 heteroatoms. The van der Waals surface area contributed by atoms with Crippen LogP contribution < -0.4 is 4.90 Å². The standard InChI is InChI=1S/C21H23N3.C7H8O3S/c1-4-12-24-16(3)15(2)19-9-11-22-21(20(19)24)23-13-10-17-7-5-6-8-18(17)14-23;1-6-2-4-7(5-3-6)11(8,9)10/h4-9,11H,1,10,12-14H2,2-3H3;2-5H,1H3,(H,8,9,10). The molecule has 1 aliphatic heterocycles. The first kappa shape index (κ1) is 24.7. The minimum atomic E-state index is -4.02. The van der Waals surface area contributed by atoms with Gasteiger partial charge >= 0.3 is 0 Å². The van der Waals surface area contributed by atoms with Crippen molar-refractivity contribution in [1.29, 1.82) is 0 Å². The Morgan fingerprint density at radius 1 is 1.03 bits per heavy atom. The Hall–Kier alpha value is -3.42. The molecule has 2 aromatic carbocycles. The highest BCUT2D eigenvalue weighted by atomic mass is 32.2. The second-order valence-corrected chi connectivity index (χ2v) is 10.3. The van der Waals surface area contributed by atoms with Crippen LogP contribution in [0.15, 0.2) is 78.3 Å². The average Bonchev–Trinajstić information content (AvgIpc) is 3.09. The quantitative estimate of drug-likeness (QED) is 0.296. The summed E-state index contributed by atoms with van der Waals surface area (Å²) in [6.45, 7) is 12.9. The van der Waals surface area contributed by atoms with Crippen molar-refractivity contribution in [3.05, 3.63) is 101 Å². The molecule has 0 spiro atoms. The molecule has 3 heterocycles. The fourth-order valence-corrected chi connectivity index (χ4v) is 5.03. The minimum Gasteiger partial charge on any atom is -0.350 e. The number of aromatic nitrogens is 2. The molecular formula is C28H31N3O3S. The molecule has 1 N–H and O–H groups in total. The van der Waals surface area contributed by atoms with Gasteiger partial charge in [-0.25, -0.2) is 4.98 Å². The largest absolute Gasteiger partial charge is 0.350 e.